The number of benzene rings is 2. The minimum atomic E-state index is 0.287. The van der Waals surface area contributed by atoms with Crippen molar-refractivity contribution in [1.82, 2.24) is 10.3 Å². The van der Waals surface area contributed by atoms with E-state index in [1.165, 1.54) is 21.9 Å². The molecule has 1 atom stereocenters. The monoisotopic (exact) mass is 296 g/mol. The zero-order valence-corrected chi connectivity index (χ0v) is 12.6. The highest BCUT2D eigenvalue weighted by Crippen LogP contribution is 2.18. The van der Waals surface area contributed by atoms with Crippen molar-refractivity contribution in [3.05, 3.63) is 77.1 Å². The number of aromatic nitrogens is 1. The second kappa shape index (κ2) is 6.25. The number of halogens is 1. The SMILES string of the molecule is C[C@@H](NCc1ccc2cnccc2c1)c1ccc(Cl)cc1. The molecule has 2 nitrogen and oxygen atoms in total. The number of rotatable bonds is 4. The maximum atomic E-state index is 5.92. The van der Waals surface area contributed by atoms with Crippen LogP contribution in [0.5, 0.6) is 0 Å². The van der Waals surface area contributed by atoms with Gasteiger partial charge in [-0.05, 0) is 47.7 Å². The minimum Gasteiger partial charge on any atom is -0.306 e. The lowest BCUT2D eigenvalue weighted by atomic mass is 10.1. The third-order valence-corrected chi connectivity index (χ3v) is 3.94. The van der Waals surface area contributed by atoms with E-state index in [1.54, 1.807) is 0 Å². The van der Waals surface area contributed by atoms with Gasteiger partial charge in [-0.25, -0.2) is 0 Å². The summed E-state index contributed by atoms with van der Waals surface area (Å²) < 4.78 is 0. The van der Waals surface area contributed by atoms with Gasteiger partial charge >= 0.3 is 0 Å². The quantitative estimate of drug-likeness (QED) is 0.752. The number of nitrogens with zero attached hydrogens (tertiary/aromatic N) is 1. The van der Waals surface area contributed by atoms with Gasteiger partial charge in [0.1, 0.15) is 0 Å². The smallest absolute Gasteiger partial charge is 0.0406 e. The fourth-order valence-electron chi connectivity index (χ4n) is 2.38. The zero-order valence-electron chi connectivity index (χ0n) is 11.9. The molecule has 0 aliphatic carbocycles. The highest BCUT2D eigenvalue weighted by molar-refractivity contribution is 6.30. The molecule has 1 heterocycles. The second-order valence-corrected chi connectivity index (χ2v) is 5.65. The van der Waals surface area contributed by atoms with Crippen LogP contribution >= 0.6 is 11.6 Å². The summed E-state index contributed by atoms with van der Waals surface area (Å²) in [6.45, 7) is 3.00. The van der Waals surface area contributed by atoms with E-state index in [2.05, 4.69) is 47.6 Å². The standard InChI is InChI=1S/C18H17ClN2/c1-13(15-4-6-18(19)7-5-15)21-11-14-2-3-17-12-20-9-8-16(17)10-14/h2-10,12-13,21H,11H2,1H3/t13-/m1/s1. The summed E-state index contributed by atoms with van der Waals surface area (Å²) in [5.74, 6) is 0. The Morgan fingerprint density at radius 3 is 2.67 bits per heavy atom. The maximum Gasteiger partial charge on any atom is 0.0406 e. The summed E-state index contributed by atoms with van der Waals surface area (Å²) in [5, 5.41) is 6.71. The molecule has 21 heavy (non-hydrogen) atoms. The third kappa shape index (κ3) is 3.41. The van der Waals surface area contributed by atoms with E-state index in [4.69, 9.17) is 11.6 Å². The van der Waals surface area contributed by atoms with Gasteiger partial charge in [0.25, 0.3) is 0 Å². The number of nitrogens with one attached hydrogen (secondary N) is 1. The third-order valence-electron chi connectivity index (χ3n) is 3.69. The minimum absolute atomic E-state index is 0.287. The van der Waals surface area contributed by atoms with Gasteiger partial charge in [-0.2, -0.15) is 0 Å². The summed E-state index contributed by atoms with van der Waals surface area (Å²) in [7, 11) is 0. The van der Waals surface area contributed by atoms with Crippen molar-refractivity contribution in [2.45, 2.75) is 19.5 Å². The fraction of sp³-hybridized carbons (Fsp3) is 0.167. The average molecular weight is 297 g/mol. The molecule has 0 fully saturated rings. The molecule has 0 bridgehead atoms. The molecular formula is C18H17ClN2. The lowest BCUT2D eigenvalue weighted by molar-refractivity contribution is 0.575. The first-order valence-corrected chi connectivity index (χ1v) is 7.42. The normalized spacial score (nSPS) is 12.5. The second-order valence-electron chi connectivity index (χ2n) is 5.21. The molecule has 1 N–H and O–H groups in total. The highest BCUT2D eigenvalue weighted by Gasteiger charge is 2.05. The predicted octanol–water partition coefficient (Wildman–Crippen LogP) is 4.74. The first-order chi connectivity index (χ1) is 10.2. The topological polar surface area (TPSA) is 24.9 Å². The van der Waals surface area contributed by atoms with Gasteiger partial charge in [0, 0.05) is 35.4 Å². The Labute approximate surface area is 129 Å². The van der Waals surface area contributed by atoms with Crippen molar-refractivity contribution in [1.29, 1.82) is 0 Å². The molecule has 2 aromatic carbocycles. The Morgan fingerprint density at radius 2 is 1.86 bits per heavy atom. The summed E-state index contributed by atoms with van der Waals surface area (Å²) >= 11 is 5.92. The molecule has 0 unspecified atom stereocenters. The number of pyridine rings is 1. The van der Waals surface area contributed by atoms with Crippen LogP contribution in [0.2, 0.25) is 5.02 Å². The number of fused-ring (bicyclic) bond motifs is 1. The van der Waals surface area contributed by atoms with Crippen molar-refractivity contribution in [3.63, 3.8) is 0 Å². The van der Waals surface area contributed by atoms with Crippen LogP contribution in [0, 0.1) is 0 Å². The highest BCUT2D eigenvalue weighted by atomic mass is 35.5. The Morgan fingerprint density at radius 1 is 1.05 bits per heavy atom. The van der Waals surface area contributed by atoms with Crippen LogP contribution in [0.25, 0.3) is 10.8 Å². The van der Waals surface area contributed by atoms with E-state index in [-0.39, 0.29) is 6.04 Å². The Bertz CT molecular complexity index is 738. The van der Waals surface area contributed by atoms with Crippen LogP contribution in [0.1, 0.15) is 24.1 Å². The molecule has 1 aromatic heterocycles. The van der Waals surface area contributed by atoms with E-state index in [1.807, 2.05) is 30.6 Å². The van der Waals surface area contributed by atoms with Gasteiger partial charge in [0.2, 0.25) is 0 Å². The number of hydrogen-bond acceptors (Lipinski definition) is 2. The van der Waals surface area contributed by atoms with Crippen LogP contribution in [-0.2, 0) is 6.54 Å². The first kappa shape index (κ1) is 14.1. The van der Waals surface area contributed by atoms with Crippen molar-refractivity contribution in [2.75, 3.05) is 0 Å². The van der Waals surface area contributed by atoms with Crippen LogP contribution in [0.3, 0.4) is 0 Å². The van der Waals surface area contributed by atoms with E-state index >= 15 is 0 Å². The molecule has 3 rings (SSSR count). The molecule has 106 valence electrons. The van der Waals surface area contributed by atoms with E-state index in [0.717, 1.165) is 11.6 Å². The molecule has 0 radical (unpaired) electrons. The Balaban J connectivity index is 1.69. The van der Waals surface area contributed by atoms with Crippen LogP contribution in [-0.4, -0.2) is 4.98 Å². The van der Waals surface area contributed by atoms with E-state index < -0.39 is 0 Å². The lowest BCUT2D eigenvalue weighted by Crippen LogP contribution is -2.17. The van der Waals surface area contributed by atoms with Crippen LogP contribution in [0.4, 0.5) is 0 Å². The molecule has 0 aliphatic heterocycles. The van der Waals surface area contributed by atoms with Gasteiger partial charge in [0.05, 0.1) is 0 Å². The van der Waals surface area contributed by atoms with Gasteiger partial charge in [-0.3, -0.25) is 4.98 Å². The Hall–Kier alpha value is -1.90. The predicted molar refractivity (Wildman–Crippen MR) is 88.4 cm³/mol. The van der Waals surface area contributed by atoms with Crippen LogP contribution < -0.4 is 5.32 Å². The van der Waals surface area contributed by atoms with Crippen molar-refractivity contribution in [2.24, 2.45) is 0 Å². The molecule has 3 heteroatoms. The van der Waals surface area contributed by atoms with Gasteiger partial charge in [0.15, 0.2) is 0 Å². The van der Waals surface area contributed by atoms with E-state index in [9.17, 15) is 0 Å². The Kier molecular flexibility index (Phi) is 4.18. The molecule has 0 saturated heterocycles. The first-order valence-electron chi connectivity index (χ1n) is 7.04. The van der Waals surface area contributed by atoms with Crippen molar-refractivity contribution in [3.8, 4) is 0 Å². The molecule has 0 saturated carbocycles. The summed E-state index contributed by atoms with van der Waals surface area (Å²) in [4.78, 5) is 4.14. The lowest BCUT2D eigenvalue weighted by Gasteiger charge is -2.14. The van der Waals surface area contributed by atoms with Crippen LogP contribution in [0.15, 0.2) is 60.9 Å². The maximum absolute atomic E-state index is 5.92. The zero-order chi connectivity index (χ0) is 14.7. The van der Waals surface area contributed by atoms with Gasteiger partial charge < -0.3 is 5.32 Å². The number of hydrogen-bond donors (Lipinski definition) is 1. The van der Waals surface area contributed by atoms with Crippen molar-refractivity contribution < 1.29 is 0 Å². The summed E-state index contributed by atoms with van der Waals surface area (Å²) in [5.41, 5.74) is 2.51. The molecule has 0 amide bonds. The fourth-order valence-corrected chi connectivity index (χ4v) is 2.51. The summed E-state index contributed by atoms with van der Waals surface area (Å²) in [6, 6.07) is 16.8. The van der Waals surface area contributed by atoms with Gasteiger partial charge in [-0.1, -0.05) is 35.9 Å². The summed E-state index contributed by atoms with van der Waals surface area (Å²) in [6.07, 6.45) is 3.72. The van der Waals surface area contributed by atoms with E-state index in [0.29, 0.717) is 0 Å². The molecule has 3 aromatic rings. The molecule has 0 aliphatic rings. The molecular weight excluding hydrogens is 280 g/mol. The average Bonchev–Trinajstić information content (AvgIpc) is 2.53. The van der Waals surface area contributed by atoms with Crippen molar-refractivity contribution >= 4 is 22.4 Å². The van der Waals surface area contributed by atoms with Gasteiger partial charge in [-0.15, -0.1) is 0 Å². The largest absolute Gasteiger partial charge is 0.306 e. The molecule has 0 spiro atoms.